The molecular formula is C14H17NO4. The molecule has 0 bridgehead atoms. The lowest BCUT2D eigenvalue weighted by molar-refractivity contribution is -0.142. The molecule has 2 atom stereocenters. The molecule has 1 heterocycles. The lowest BCUT2D eigenvalue weighted by Gasteiger charge is -2.26. The van der Waals surface area contributed by atoms with Gasteiger partial charge in [0.15, 0.2) is 0 Å². The molecule has 1 aromatic rings. The molecule has 5 nitrogen and oxygen atoms in total. The van der Waals surface area contributed by atoms with Crippen LogP contribution in [0.3, 0.4) is 0 Å². The van der Waals surface area contributed by atoms with E-state index in [0.717, 1.165) is 5.56 Å². The molecular weight excluding hydrogens is 246 g/mol. The van der Waals surface area contributed by atoms with Gasteiger partial charge in [-0.05, 0) is 24.6 Å². The van der Waals surface area contributed by atoms with Crippen LogP contribution < -0.4 is 4.74 Å². The maximum Gasteiger partial charge on any atom is 0.309 e. The van der Waals surface area contributed by atoms with E-state index in [1.165, 1.54) is 0 Å². The molecule has 102 valence electrons. The van der Waals surface area contributed by atoms with E-state index in [1.54, 1.807) is 24.1 Å². The number of amides is 1. The molecule has 0 aromatic heterocycles. The van der Waals surface area contributed by atoms with Crippen LogP contribution in [0.1, 0.15) is 24.9 Å². The number of carbonyl (C=O) groups excluding carboxylic acids is 1. The smallest absolute Gasteiger partial charge is 0.309 e. The SMILES string of the molecule is CCN1C(=O)C[C@H](C(=O)O)[C@@H]1c1ccc(OC)cc1. The predicted molar refractivity (Wildman–Crippen MR) is 68.9 cm³/mol. The number of ether oxygens (including phenoxy) is 1. The van der Waals surface area contributed by atoms with E-state index in [1.807, 2.05) is 19.1 Å². The van der Waals surface area contributed by atoms with Crippen molar-refractivity contribution >= 4 is 11.9 Å². The Hall–Kier alpha value is -2.04. The Kier molecular flexibility index (Phi) is 3.74. The van der Waals surface area contributed by atoms with E-state index in [9.17, 15) is 14.7 Å². The second-order valence-corrected chi connectivity index (χ2v) is 4.55. The molecule has 1 fully saturated rings. The molecule has 1 aromatic carbocycles. The number of carboxylic acids is 1. The van der Waals surface area contributed by atoms with Gasteiger partial charge in [-0.15, -0.1) is 0 Å². The zero-order valence-electron chi connectivity index (χ0n) is 11.0. The highest BCUT2D eigenvalue weighted by Gasteiger charge is 2.43. The summed E-state index contributed by atoms with van der Waals surface area (Å²) < 4.78 is 5.08. The van der Waals surface area contributed by atoms with Crippen LogP contribution in [0, 0.1) is 5.92 Å². The number of benzene rings is 1. The number of rotatable bonds is 4. The van der Waals surface area contributed by atoms with Crippen molar-refractivity contribution in [1.82, 2.24) is 4.90 Å². The van der Waals surface area contributed by atoms with E-state index in [0.29, 0.717) is 12.3 Å². The maximum atomic E-state index is 11.9. The van der Waals surface area contributed by atoms with E-state index >= 15 is 0 Å². The van der Waals surface area contributed by atoms with Gasteiger partial charge < -0.3 is 14.7 Å². The summed E-state index contributed by atoms with van der Waals surface area (Å²) in [5.41, 5.74) is 0.834. The van der Waals surface area contributed by atoms with Gasteiger partial charge in [0, 0.05) is 13.0 Å². The van der Waals surface area contributed by atoms with Gasteiger partial charge in [0.25, 0.3) is 0 Å². The summed E-state index contributed by atoms with van der Waals surface area (Å²) in [6, 6.07) is 6.82. The van der Waals surface area contributed by atoms with Crippen molar-refractivity contribution in [3.63, 3.8) is 0 Å². The molecule has 5 heteroatoms. The third-order valence-corrected chi connectivity index (χ3v) is 3.55. The molecule has 0 radical (unpaired) electrons. The molecule has 0 unspecified atom stereocenters. The Morgan fingerprint density at radius 2 is 2.05 bits per heavy atom. The van der Waals surface area contributed by atoms with Crippen molar-refractivity contribution in [3.05, 3.63) is 29.8 Å². The van der Waals surface area contributed by atoms with Gasteiger partial charge in [0.2, 0.25) is 5.91 Å². The third kappa shape index (κ3) is 2.41. The van der Waals surface area contributed by atoms with Crippen LogP contribution in [0.5, 0.6) is 5.75 Å². The molecule has 0 spiro atoms. The molecule has 2 rings (SSSR count). The van der Waals surface area contributed by atoms with Crippen LogP contribution in [0.25, 0.3) is 0 Å². The summed E-state index contributed by atoms with van der Waals surface area (Å²) in [5.74, 6) is -0.996. The molecule has 1 saturated heterocycles. The molecule has 1 N–H and O–H groups in total. The quantitative estimate of drug-likeness (QED) is 0.897. The first kappa shape index (κ1) is 13.4. The van der Waals surface area contributed by atoms with Gasteiger partial charge in [-0.2, -0.15) is 0 Å². The van der Waals surface area contributed by atoms with E-state index < -0.39 is 11.9 Å². The summed E-state index contributed by atoms with van der Waals surface area (Å²) in [4.78, 5) is 24.8. The average Bonchev–Trinajstić information content (AvgIpc) is 2.76. The highest BCUT2D eigenvalue weighted by Crippen LogP contribution is 2.38. The average molecular weight is 263 g/mol. The number of carboxylic acid groups (broad SMARTS) is 1. The lowest BCUT2D eigenvalue weighted by Crippen LogP contribution is -2.30. The number of hydrogen-bond donors (Lipinski definition) is 1. The van der Waals surface area contributed by atoms with Crippen LogP contribution >= 0.6 is 0 Å². The summed E-state index contributed by atoms with van der Waals surface area (Å²) in [7, 11) is 1.58. The van der Waals surface area contributed by atoms with Gasteiger partial charge >= 0.3 is 5.97 Å². The Morgan fingerprint density at radius 3 is 2.53 bits per heavy atom. The number of nitrogens with zero attached hydrogens (tertiary/aromatic N) is 1. The third-order valence-electron chi connectivity index (χ3n) is 3.55. The van der Waals surface area contributed by atoms with Gasteiger partial charge in [0.1, 0.15) is 5.75 Å². The first-order valence-electron chi connectivity index (χ1n) is 6.24. The number of aliphatic carboxylic acids is 1. The van der Waals surface area contributed by atoms with Crippen LogP contribution in [0.15, 0.2) is 24.3 Å². The van der Waals surface area contributed by atoms with E-state index in [-0.39, 0.29) is 18.4 Å². The van der Waals surface area contributed by atoms with Crippen molar-refractivity contribution in [1.29, 1.82) is 0 Å². The van der Waals surface area contributed by atoms with Gasteiger partial charge in [-0.25, -0.2) is 0 Å². The molecule has 0 saturated carbocycles. The number of hydrogen-bond acceptors (Lipinski definition) is 3. The Bertz CT molecular complexity index is 483. The summed E-state index contributed by atoms with van der Waals surface area (Å²) in [6.07, 6.45) is 0.0693. The van der Waals surface area contributed by atoms with Crippen molar-refractivity contribution in [2.45, 2.75) is 19.4 Å². The topological polar surface area (TPSA) is 66.8 Å². The van der Waals surface area contributed by atoms with Crippen molar-refractivity contribution in [3.8, 4) is 5.75 Å². The molecule has 1 aliphatic heterocycles. The van der Waals surface area contributed by atoms with Gasteiger partial charge in [-0.1, -0.05) is 12.1 Å². The zero-order valence-corrected chi connectivity index (χ0v) is 11.0. The molecule has 1 aliphatic rings. The highest BCUT2D eigenvalue weighted by molar-refractivity contribution is 5.87. The Morgan fingerprint density at radius 1 is 1.42 bits per heavy atom. The minimum absolute atomic E-state index is 0.0693. The van der Waals surface area contributed by atoms with Crippen LogP contribution in [-0.2, 0) is 9.59 Å². The summed E-state index contributed by atoms with van der Waals surface area (Å²) in [5, 5.41) is 9.27. The fourth-order valence-electron chi connectivity index (χ4n) is 2.60. The molecule has 0 aliphatic carbocycles. The first-order valence-corrected chi connectivity index (χ1v) is 6.24. The molecule has 19 heavy (non-hydrogen) atoms. The standard InChI is InChI=1S/C14H17NO4/c1-3-15-12(16)8-11(14(17)18)13(15)9-4-6-10(19-2)7-5-9/h4-7,11,13H,3,8H2,1-2H3,(H,17,18)/t11-,13-/m0/s1. The monoisotopic (exact) mass is 263 g/mol. The van der Waals surface area contributed by atoms with Crippen molar-refractivity contribution < 1.29 is 19.4 Å². The second-order valence-electron chi connectivity index (χ2n) is 4.55. The largest absolute Gasteiger partial charge is 0.497 e. The van der Waals surface area contributed by atoms with Crippen LogP contribution in [0.4, 0.5) is 0 Å². The Balaban J connectivity index is 2.36. The zero-order chi connectivity index (χ0) is 14.0. The maximum absolute atomic E-state index is 11.9. The fraction of sp³-hybridized carbons (Fsp3) is 0.429. The fourth-order valence-corrected chi connectivity index (χ4v) is 2.60. The number of carbonyl (C=O) groups is 2. The van der Waals surface area contributed by atoms with E-state index in [2.05, 4.69) is 0 Å². The summed E-state index contributed by atoms with van der Waals surface area (Å²) >= 11 is 0. The Labute approximate surface area is 111 Å². The number of likely N-dealkylation sites (tertiary alicyclic amines) is 1. The number of methoxy groups -OCH3 is 1. The first-order chi connectivity index (χ1) is 9.08. The lowest BCUT2D eigenvalue weighted by atomic mass is 9.93. The van der Waals surface area contributed by atoms with Gasteiger partial charge in [-0.3, -0.25) is 9.59 Å². The van der Waals surface area contributed by atoms with E-state index in [4.69, 9.17) is 4.74 Å². The van der Waals surface area contributed by atoms with Crippen LogP contribution in [-0.4, -0.2) is 35.5 Å². The van der Waals surface area contributed by atoms with Crippen molar-refractivity contribution in [2.75, 3.05) is 13.7 Å². The van der Waals surface area contributed by atoms with Crippen LogP contribution in [0.2, 0.25) is 0 Å². The predicted octanol–water partition coefficient (Wildman–Crippen LogP) is 1.69. The minimum Gasteiger partial charge on any atom is -0.497 e. The second kappa shape index (κ2) is 5.30. The van der Waals surface area contributed by atoms with Gasteiger partial charge in [0.05, 0.1) is 19.1 Å². The highest BCUT2D eigenvalue weighted by atomic mass is 16.5. The minimum atomic E-state index is -0.926. The summed E-state index contributed by atoms with van der Waals surface area (Å²) in [6.45, 7) is 2.37. The molecule has 1 amide bonds. The normalized spacial score (nSPS) is 22.6. The van der Waals surface area contributed by atoms with Crippen molar-refractivity contribution in [2.24, 2.45) is 5.92 Å².